The van der Waals surface area contributed by atoms with Crippen LogP contribution in [0.2, 0.25) is 0 Å². The van der Waals surface area contributed by atoms with Crippen LogP contribution < -0.4 is 9.62 Å². The highest BCUT2D eigenvalue weighted by molar-refractivity contribution is 7.97. The monoisotopic (exact) mass is 425 g/mol. The summed E-state index contributed by atoms with van der Waals surface area (Å²) in [7, 11) is -1.94. The van der Waals surface area contributed by atoms with Crippen LogP contribution in [0.15, 0.2) is 59.5 Å². The predicted octanol–water partition coefficient (Wildman–Crippen LogP) is 2.83. The van der Waals surface area contributed by atoms with Gasteiger partial charge in [-0.25, -0.2) is 8.42 Å². The van der Waals surface area contributed by atoms with E-state index in [1.54, 1.807) is 13.0 Å². The highest BCUT2D eigenvalue weighted by atomic mass is 32.2. The molecule has 2 aromatic rings. The number of anilines is 1. The Labute approximate surface area is 178 Å². The molecule has 0 saturated carbocycles. The van der Waals surface area contributed by atoms with E-state index in [1.165, 1.54) is 4.31 Å². The van der Waals surface area contributed by atoms with Gasteiger partial charge in [0.15, 0.2) is 4.91 Å². The van der Waals surface area contributed by atoms with Crippen LogP contribution in [0.25, 0.3) is 5.57 Å². The van der Waals surface area contributed by atoms with E-state index in [2.05, 4.69) is 17.3 Å². The van der Waals surface area contributed by atoms with E-state index in [9.17, 15) is 13.2 Å². The fourth-order valence-electron chi connectivity index (χ4n) is 4.26. The number of carbonyl (C=O) groups is 1. The van der Waals surface area contributed by atoms with Gasteiger partial charge in [-0.15, -0.1) is 0 Å². The Bertz CT molecular complexity index is 1070. The van der Waals surface area contributed by atoms with Crippen molar-refractivity contribution in [3.05, 3.63) is 70.6 Å². The number of carbonyl (C=O) groups excluding carboxylic acids is 1. The lowest BCUT2D eigenvalue weighted by Gasteiger charge is -2.34. The molecule has 0 unspecified atom stereocenters. The van der Waals surface area contributed by atoms with Crippen LogP contribution in [0.5, 0.6) is 0 Å². The SMILES string of the molecule is CCN1c2ccccc2C(c2ccccc2)=C(C(=O)NC2CCN(C)CC2)S1(=O)=O. The third-order valence-electron chi connectivity index (χ3n) is 5.83. The normalized spacial score (nSPS) is 19.5. The second kappa shape index (κ2) is 8.24. The van der Waals surface area contributed by atoms with Crippen LogP contribution in [0.4, 0.5) is 5.69 Å². The van der Waals surface area contributed by atoms with Gasteiger partial charge in [0.25, 0.3) is 15.9 Å². The van der Waals surface area contributed by atoms with E-state index in [4.69, 9.17) is 0 Å². The molecule has 1 fully saturated rings. The van der Waals surface area contributed by atoms with Gasteiger partial charge in [-0.3, -0.25) is 9.10 Å². The number of para-hydroxylation sites is 1. The zero-order valence-electron chi connectivity index (χ0n) is 17.3. The first kappa shape index (κ1) is 20.6. The van der Waals surface area contributed by atoms with Crippen molar-refractivity contribution in [2.24, 2.45) is 0 Å². The maximum absolute atomic E-state index is 13.6. The van der Waals surface area contributed by atoms with Gasteiger partial charge in [0, 0.05) is 23.7 Å². The number of piperidine rings is 1. The van der Waals surface area contributed by atoms with Gasteiger partial charge in [0.05, 0.1) is 5.69 Å². The second-order valence-corrected chi connectivity index (χ2v) is 9.61. The highest BCUT2D eigenvalue weighted by Gasteiger charge is 2.41. The Morgan fingerprint density at radius 1 is 1.03 bits per heavy atom. The van der Waals surface area contributed by atoms with Crippen molar-refractivity contribution < 1.29 is 13.2 Å². The summed E-state index contributed by atoms with van der Waals surface area (Å²) in [6.45, 7) is 3.80. The lowest BCUT2D eigenvalue weighted by Crippen LogP contribution is -2.47. The van der Waals surface area contributed by atoms with Crippen molar-refractivity contribution in [1.29, 1.82) is 0 Å². The van der Waals surface area contributed by atoms with Crippen molar-refractivity contribution in [2.75, 3.05) is 31.0 Å². The molecule has 0 bridgehead atoms. The zero-order chi connectivity index (χ0) is 21.3. The molecular weight excluding hydrogens is 398 g/mol. The number of benzene rings is 2. The van der Waals surface area contributed by atoms with E-state index in [0.29, 0.717) is 11.3 Å². The molecule has 6 nitrogen and oxygen atoms in total. The third-order valence-corrected chi connectivity index (χ3v) is 7.77. The van der Waals surface area contributed by atoms with Gasteiger partial charge < -0.3 is 10.2 Å². The average molecular weight is 426 g/mol. The molecule has 7 heteroatoms. The molecule has 0 aromatic heterocycles. The number of sulfonamides is 1. The molecule has 1 saturated heterocycles. The molecule has 2 heterocycles. The van der Waals surface area contributed by atoms with E-state index < -0.39 is 15.9 Å². The number of nitrogens with zero attached hydrogens (tertiary/aromatic N) is 2. The largest absolute Gasteiger partial charge is 0.349 e. The number of hydrogen-bond acceptors (Lipinski definition) is 4. The van der Waals surface area contributed by atoms with E-state index >= 15 is 0 Å². The highest BCUT2D eigenvalue weighted by Crippen LogP contribution is 2.42. The minimum atomic E-state index is -4.00. The molecule has 158 valence electrons. The Kier molecular flexibility index (Phi) is 5.66. The third kappa shape index (κ3) is 3.63. The molecule has 0 spiro atoms. The predicted molar refractivity (Wildman–Crippen MR) is 120 cm³/mol. The standard InChI is InChI=1S/C23H27N3O3S/c1-3-26-20-12-8-7-11-19(20)21(17-9-5-4-6-10-17)22(30(26,28)29)23(27)24-18-13-15-25(2)16-14-18/h4-12,18H,3,13-16H2,1-2H3,(H,24,27). The number of fused-ring (bicyclic) bond motifs is 1. The summed E-state index contributed by atoms with van der Waals surface area (Å²) in [5.74, 6) is -0.517. The summed E-state index contributed by atoms with van der Waals surface area (Å²) in [5.41, 5.74) is 2.56. The molecular formula is C23H27N3O3S. The van der Waals surface area contributed by atoms with Crippen LogP contribution in [0.1, 0.15) is 30.9 Å². The number of hydrogen-bond donors (Lipinski definition) is 1. The number of amides is 1. The number of rotatable bonds is 4. The molecule has 0 atom stereocenters. The van der Waals surface area contributed by atoms with Gasteiger partial charge in [-0.1, -0.05) is 48.5 Å². The summed E-state index contributed by atoms with van der Waals surface area (Å²) >= 11 is 0. The Morgan fingerprint density at radius 3 is 2.33 bits per heavy atom. The molecule has 1 amide bonds. The van der Waals surface area contributed by atoms with Crippen LogP contribution in [0, 0.1) is 0 Å². The minimum absolute atomic E-state index is 0.0272. The first-order valence-electron chi connectivity index (χ1n) is 10.3. The topological polar surface area (TPSA) is 69.7 Å². The molecule has 1 N–H and O–H groups in total. The van der Waals surface area contributed by atoms with Gasteiger partial charge in [0.2, 0.25) is 0 Å². The van der Waals surface area contributed by atoms with Crippen molar-refractivity contribution in [1.82, 2.24) is 10.2 Å². The molecule has 2 aromatic carbocycles. The minimum Gasteiger partial charge on any atom is -0.349 e. The fourth-order valence-corrected chi connectivity index (χ4v) is 6.02. The van der Waals surface area contributed by atoms with E-state index in [-0.39, 0.29) is 17.5 Å². The maximum Gasteiger partial charge on any atom is 0.270 e. The van der Waals surface area contributed by atoms with Crippen LogP contribution in [0.3, 0.4) is 0 Å². The molecule has 2 aliphatic rings. The van der Waals surface area contributed by atoms with Crippen LogP contribution in [-0.4, -0.2) is 51.9 Å². The first-order chi connectivity index (χ1) is 14.4. The molecule has 0 radical (unpaired) electrons. The maximum atomic E-state index is 13.6. The van der Waals surface area contributed by atoms with E-state index in [1.807, 2.05) is 48.5 Å². The molecule has 30 heavy (non-hydrogen) atoms. The number of nitrogens with one attached hydrogen (secondary N) is 1. The summed E-state index contributed by atoms with van der Waals surface area (Å²) < 4.78 is 28.6. The Hall–Kier alpha value is -2.64. The zero-order valence-corrected chi connectivity index (χ0v) is 18.2. The van der Waals surface area contributed by atoms with Gasteiger partial charge in [-0.05, 0) is 51.5 Å². The Morgan fingerprint density at radius 2 is 1.67 bits per heavy atom. The average Bonchev–Trinajstić information content (AvgIpc) is 2.74. The van der Waals surface area contributed by atoms with Gasteiger partial charge >= 0.3 is 0 Å². The number of likely N-dealkylation sites (tertiary alicyclic amines) is 1. The fraction of sp³-hybridized carbons (Fsp3) is 0.348. The molecule has 4 rings (SSSR count). The lowest BCUT2D eigenvalue weighted by atomic mass is 9.95. The van der Waals surface area contributed by atoms with Crippen molar-refractivity contribution in [3.8, 4) is 0 Å². The van der Waals surface area contributed by atoms with Crippen molar-refractivity contribution in [3.63, 3.8) is 0 Å². The summed E-state index contributed by atoms with van der Waals surface area (Å²) in [5, 5.41) is 3.01. The van der Waals surface area contributed by atoms with Crippen molar-refractivity contribution in [2.45, 2.75) is 25.8 Å². The Balaban J connectivity index is 1.87. The molecule has 0 aliphatic carbocycles. The first-order valence-corrected chi connectivity index (χ1v) is 11.8. The van der Waals surface area contributed by atoms with E-state index in [0.717, 1.165) is 37.1 Å². The molecule has 2 aliphatic heterocycles. The summed E-state index contributed by atoms with van der Waals surface area (Å²) in [4.78, 5) is 15.5. The van der Waals surface area contributed by atoms with Gasteiger partial charge in [-0.2, -0.15) is 0 Å². The van der Waals surface area contributed by atoms with Crippen LogP contribution >= 0.6 is 0 Å². The smallest absolute Gasteiger partial charge is 0.270 e. The van der Waals surface area contributed by atoms with Crippen LogP contribution in [-0.2, 0) is 14.8 Å². The van der Waals surface area contributed by atoms with Gasteiger partial charge in [0.1, 0.15) is 0 Å². The lowest BCUT2D eigenvalue weighted by molar-refractivity contribution is -0.117. The second-order valence-electron chi connectivity index (χ2n) is 7.81. The summed E-state index contributed by atoms with van der Waals surface area (Å²) in [6, 6.07) is 16.7. The quantitative estimate of drug-likeness (QED) is 0.818. The van der Waals surface area contributed by atoms with Crippen molar-refractivity contribution >= 4 is 27.2 Å². The summed E-state index contributed by atoms with van der Waals surface area (Å²) in [6.07, 6.45) is 1.62.